The van der Waals surface area contributed by atoms with E-state index in [1.807, 2.05) is 11.8 Å². The van der Waals surface area contributed by atoms with Gasteiger partial charge in [-0.3, -0.25) is 0 Å². The molecule has 1 aliphatic rings. The van der Waals surface area contributed by atoms with Crippen LogP contribution in [0.3, 0.4) is 0 Å². The number of rotatable bonds is 2. The largest absolute Gasteiger partial charge is 0.366 e. The lowest BCUT2D eigenvalue weighted by Crippen LogP contribution is -2.25. The molecule has 1 N–H and O–H groups in total. The maximum absolute atomic E-state index is 12.7. The van der Waals surface area contributed by atoms with Crippen molar-refractivity contribution in [2.24, 2.45) is 0 Å². The van der Waals surface area contributed by atoms with Crippen LogP contribution in [0.4, 0.5) is 10.2 Å². The van der Waals surface area contributed by atoms with E-state index in [1.54, 1.807) is 0 Å². The second-order valence-corrected chi connectivity index (χ2v) is 4.83. The Morgan fingerprint density at radius 2 is 2.43 bits per heavy atom. The maximum atomic E-state index is 12.7. The van der Waals surface area contributed by atoms with E-state index in [-0.39, 0.29) is 0 Å². The third-order valence-electron chi connectivity index (χ3n) is 2.34. The Hall–Kier alpha value is -0.840. The van der Waals surface area contributed by atoms with Crippen LogP contribution in [0.15, 0.2) is 12.4 Å². The smallest absolute Gasteiger partial charge is 0.217 e. The molecule has 76 valence electrons. The molecular formula is C9H12FN3S. The summed E-state index contributed by atoms with van der Waals surface area (Å²) in [5.74, 6) is 1.25. The Labute approximate surface area is 86.5 Å². The number of anilines is 1. The van der Waals surface area contributed by atoms with Gasteiger partial charge in [0.25, 0.3) is 0 Å². The summed E-state index contributed by atoms with van der Waals surface area (Å²) >= 11 is 1.93. The number of hydrogen-bond donors (Lipinski definition) is 1. The van der Waals surface area contributed by atoms with Crippen LogP contribution in [-0.2, 0) is 0 Å². The number of aromatic nitrogens is 2. The SMILES string of the molecule is CC1SCCC1Nc1cc(F)ncn1. The van der Waals surface area contributed by atoms with E-state index in [2.05, 4.69) is 22.2 Å². The molecule has 1 aromatic heterocycles. The summed E-state index contributed by atoms with van der Waals surface area (Å²) in [7, 11) is 0. The third-order valence-corrected chi connectivity index (χ3v) is 3.67. The molecule has 0 spiro atoms. The highest BCUT2D eigenvalue weighted by atomic mass is 32.2. The molecule has 5 heteroatoms. The first-order valence-corrected chi connectivity index (χ1v) is 5.66. The first-order valence-electron chi connectivity index (χ1n) is 4.61. The molecule has 0 saturated carbocycles. The van der Waals surface area contributed by atoms with Crippen molar-refractivity contribution in [2.75, 3.05) is 11.1 Å². The lowest BCUT2D eigenvalue weighted by atomic mass is 10.2. The molecule has 1 saturated heterocycles. The molecule has 2 unspecified atom stereocenters. The highest BCUT2D eigenvalue weighted by Gasteiger charge is 2.23. The zero-order chi connectivity index (χ0) is 9.97. The molecule has 0 aliphatic carbocycles. The molecule has 1 aromatic rings. The predicted octanol–water partition coefficient (Wildman–Crippen LogP) is 1.92. The Bertz CT molecular complexity index is 321. The molecule has 1 fully saturated rings. The van der Waals surface area contributed by atoms with Gasteiger partial charge in [0.15, 0.2) is 0 Å². The van der Waals surface area contributed by atoms with Crippen molar-refractivity contribution in [1.82, 2.24) is 9.97 Å². The summed E-state index contributed by atoms with van der Waals surface area (Å²) in [4.78, 5) is 7.38. The van der Waals surface area contributed by atoms with Gasteiger partial charge in [0.1, 0.15) is 12.1 Å². The molecule has 0 bridgehead atoms. The number of hydrogen-bond acceptors (Lipinski definition) is 4. The van der Waals surface area contributed by atoms with E-state index in [4.69, 9.17) is 0 Å². The molecule has 2 rings (SSSR count). The van der Waals surface area contributed by atoms with Gasteiger partial charge >= 0.3 is 0 Å². The zero-order valence-corrected chi connectivity index (χ0v) is 8.72. The van der Waals surface area contributed by atoms with Crippen molar-refractivity contribution in [3.8, 4) is 0 Å². The Balaban J connectivity index is 2.03. The van der Waals surface area contributed by atoms with Gasteiger partial charge < -0.3 is 5.32 Å². The minimum Gasteiger partial charge on any atom is -0.366 e. The highest BCUT2D eigenvalue weighted by Crippen LogP contribution is 2.28. The topological polar surface area (TPSA) is 37.8 Å². The maximum Gasteiger partial charge on any atom is 0.217 e. The summed E-state index contributed by atoms with van der Waals surface area (Å²) in [6, 6.07) is 1.73. The van der Waals surface area contributed by atoms with E-state index >= 15 is 0 Å². The number of nitrogens with zero attached hydrogens (tertiary/aromatic N) is 2. The van der Waals surface area contributed by atoms with Gasteiger partial charge in [0.05, 0.1) is 0 Å². The van der Waals surface area contributed by atoms with E-state index in [1.165, 1.54) is 12.4 Å². The third kappa shape index (κ3) is 2.15. The van der Waals surface area contributed by atoms with Gasteiger partial charge in [0.2, 0.25) is 5.95 Å². The highest BCUT2D eigenvalue weighted by molar-refractivity contribution is 8.00. The fourth-order valence-corrected chi connectivity index (χ4v) is 2.72. The monoisotopic (exact) mass is 213 g/mol. The average molecular weight is 213 g/mol. The predicted molar refractivity (Wildman–Crippen MR) is 55.9 cm³/mol. The van der Waals surface area contributed by atoms with E-state index < -0.39 is 5.95 Å². The molecule has 0 amide bonds. The van der Waals surface area contributed by atoms with Crippen LogP contribution in [0.2, 0.25) is 0 Å². The molecule has 2 heterocycles. The molecule has 0 radical (unpaired) electrons. The first-order chi connectivity index (χ1) is 6.75. The molecular weight excluding hydrogens is 201 g/mol. The second-order valence-electron chi connectivity index (χ2n) is 3.34. The molecule has 1 aliphatic heterocycles. The Morgan fingerprint density at radius 3 is 3.07 bits per heavy atom. The second kappa shape index (κ2) is 4.13. The summed E-state index contributed by atoms with van der Waals surface area (Å²) in [6.07, 6.45) is 2.35. The fraction of sp³-hybridized carbons (Fsp3) is 0.556. The molecule has 14 heavy (non-hydrogen) atoms. The summed E-state index contributed by atoms with van der Waals surface area (Å²) in [5, 5.41) is 3.78. The van der Waals surface area contributed by atoms with Crippen molar-refractivity contribution in [2.45, 2.75) is 24.6 Å². The van der Waals surface area contributed by atoms with Crippen molar-refractivity contribution >= 4 is 17.6 Å². The molecule has 2 atom stereocenters. The van der Waals surface area contributed by atoms with Crippen molar-refractivity contribution < 1.29 is 4.39 Å². The summed E-state index contributed by atoms with van der Waals surface area (Å²) in [5.41, 5.74) is 0. The van der Waals surface area contributed by atoms with E-state index in [0.717, 1.165) is 12.2 Å². The van der Waals surface area contributed by atoms with Crippen molar-refractivity contribution in [1.29, 1.82) is 0 Å². The quantitative estimate of drug-likeness (QED) is 0.762. The van der Waals surface area contributed by atoms with Gasteiger partial charge in [-0.1, -0.05) is 6.92 Å². The van der Waals surface area contributed by atoms with Gasteiger partial charge in [-0.2, -0.15) is 16.2 Å². The zero-order valence-electron chi connectivity index (χ0n) is 7.90. The van der Waals surface area contributed by atoms with Crippen LogP contribution < -0.4 is 5.32 Å². The van der Waals surface area contributed by atoms with Gasteiger partial charge in [-0.05, 0) is 12.2 Å². The fourth-order valence-electron chi connectivity index (χ4n) is 1.52. The van der Waals surface area contributed by atoms with Crippen LogP contribution in [0.25, 0.3) is 0 Å². The minimum absolute atomic E-state index is 0.397. The van der Waals surface area contributed by atoms with Gasteiger partial charge in [0, 0.05) is 17.4 Å². The van der Waals surface area contributed by atoms with Gasteiger partial charge in [-0.15, -0.1) is 0 Å². The number of nitrogens with one attached hydrogen (secondary N) is 1. The van der Waals surface area contributed by atoms with Gasteiger partial charge in [-0.25, -0.2) is 9.97 Å². The summed E-state index contributed by atoms with van der Waals surface area (Å²) in [6.45, 7) is 2.17. The van der Waals surface area contributed by atoms with E-state index in [0.29, 0.717) is 17.1 Å². The minimum atomic E-state index is -0.485. The van der Waals surface area contributed by atoms with Crippen molar-refractivity contribution in [3.63, 3.8) is 0 Å². The van der Waals surface area contributed by atoms with Crippen LogP contribution in [-0.4, -0.2) is 27.0 Å². The Morgan fingerprint density at radius 1 is 1.57 bits per heavy atom. The number of halogens is 1. The number of thioether (sulfide) groups is 1. The normalized spacial score (nSPS) is 26.4. The molecule has 0 aromatic carbocycles. The van der Waals surface area contributed by atoms with Crippen molar-refractivity contribution in [3.05, 3.63) is 18.3 Å². The standard InChI is InChI=1S/C9H12FN3S/c1-6-7(2-3-14-6)13-9-4-8(10)11-5-12-9/h4-7H,2-3H2,1H3,(H,11,12,13). The first kappa shape index (κ1) is 9.71. The van der Waals surface area contributed by atoms with Crippen LogP contribution in [0, 0.1) is 5.95 Å². The van der Waals surface area contributed by atoms with Crippen LogP contribution in [0.5, 0.6) is 0 Å². The lowest BCUT2D eigenvalue weighted by Gasteiger charge is -2.16. The molecule has 3 nitrogen and oxygen atoms in total. The average Bonchev–Trinajstić information content (AvgIpc) is 2.52. The lowest BCUT2D eigenvalue weighted by molar-refractivity contribution is 0.579. The summed E-state index contributed by atoms with van der Waals surface area (Å²) < 4.78 is 12.7. The Kier molecular flexibility index (Phi) is 2.86. The van der Waals surface area contributed by atoms with Crippen LogP contribution >= 0.6 is 11.8 Å². The van der Waals surface area contributed by atoms with E-state index in [9.17, 15) is 4.39 Å². The van der Waals surface area contributed by atoms with Crippen LogP contribution in [0.1, 0.15) is 13.3 Å².